The van der Waals surface area contributed by atoms with Crippen molar-refractivity contribution in [2.24, 2.45) is 0 Å². The summed E-state index contributed by atoms with van der Waals surface area (Å²) < 4.78 is 49.0. The Balaban J connectivity index is 1.54. The standard InChI is InChI=1S/C28H33O7P/c1-30-36(29,31-2)28-27(34-20-24-16-10-5-11-17-24)26(33-19-23-14-8-4-9-15-23)25(35-28)21-32-18-22-12-6-3-7-13-22/h3-17,25-28H,18-21H2,1-2H3/t25-,26-,27-,28+/m1/s1. The number of rotatable bonds is 13. The molecule has 0 bridgehead atoms. The van der Waals surface area contributed by atoms with E-state index in [2.05, 4.69) is 0 Å². The lowest BCUT2D eigenvalue weighted by Gasteiger charge is -2.27. The maximum Gasteiger partial charge on any atom is 0.361 e. The van der Waals surface area contributed by atoms with E-state index >= 15 is 0 Å². The molecule has 4 atom stereocenters. The van der Waals surface area contributed by atoms with Gasteiger partial charge in [-0.15, -0.1) is 0 Å². The molecule has 3 aromatic carbocycles. The Morgan fingerprint density at radius 2 is 1.11 bits per heavy atom. The van der Waals surface area contributed by atoms with Crippen LogP contribution in [0.2, 0.25) is 0 Å². The fourth-order valence-corrected chi connectivity index (χ4v) is 5.64. The van der Waals surface area contributed by atoms with Crippen molar-refractivity contribution in [3.8, 4) is 0 Å². The van der Waals surface area contributed by atoms with E-state index in [1.165, 1.54) is 14.2 Å². The van der Waals surface area contributed by atoms with Crippen LogP contribution < -0.4 is 0 Å². The minimum Gasteiger partial charge on any atom is -0.374 e. The minimum atomic E-state index is -3.65. The van der Waals surface area contributed by atoms with E-state index in [4.69, 9.17) is 28.0 Å². The van der Waals surface area contributed by atoms with Gasteiger partial charge < -0.3 is 28.0 Å². The van der Waals surface area contributed by atoms with Gasteiger partial charge >= 0.3 is 7.60 Å². The fraction of sp³-hybridized carbons (Fsp3) is 0.357. The molecule has 7 nitrogen and oxygen atoms in total. The van der Waals surface area contributed by atoms with Crippen LogP contribution in [0, 0.1) is 0 Å². The lowest BCUT2D eigenvalue weighted by Crippen LogP contribution is -2.39. The second kappa shape index (κ2) is 13.3. The van der Waals surface area contributed by atoms with Crippen LogP contribution in [-0.2, 0) is 52.4 Å². The lowest BCUT2D eigenvalue weighted by molar-refractivity contribution is -0.0896. The number of hydrogen-bond acceptors (Lipinski definition) is 7. The van der Waals surface area contributed by atoms with Crippen molar-refractivity contribution in [1.82, 2.24) is 0 Å². The number of benzene rings is 3. The van der Waals surface area contributed by atoms with Gasteiger partial charge in [0.05, 0.1) is 26.4 Å². The molecule has 36 heavy (non-hydrogen) atoms. The first-order valence-electron chi connectivity index (χ1n) is 11.9. The second-order valence-electron chi connectivity index (χ2n) is 8.49. The van der Waals surface area contributed by atoms with Crippen LogP contribution in [0.3, 0.4) is 0 Å². The van der Waals surface area contributed by atoms with Crippen LogP contribution in [0.5, 0.6) is 0 Å². The first kappa shape index (κ1) is 26.7. The number of hydrogen-bond donors (Lipinski definition) is 0. The second-order valence-corrected chi connectivity index (χ2v) is 10.8. The zero-order valence-electron chi connectivity index (χ0n) is 20.6. The molecule has 192 valence electrons. The Labute approximate surface area is 212 Å². The lowest BCUT2D eigenvalue weighted by atomic mass is 10.1. The molecule has 3 aromatic rings. The SMILES string of the molecule is COP(=O)(OC)[C@@H]1O[C@H](COCc2ccccc2)[C@@H](OCc2ccccc2)[C@H]1OCc1ccccc1. The highest BCUT2D eigenvalue weighted by Crippen LogP contribution is 2.57. The third kappa shape index (κ3) is 6.90. The van der Waals surface area contributed by atoms with E-state index in [1.807, 2.05) is 91.0 Å². The zero-order chi connectivity index (χ0) is 25.2. The van der Waals surface area contributed by atoms with Gasteiger partial charge in [-0.25, -0.2) is 0 Å². The summed E-state index contributed by atoms with van der Waals surface area (Å²) in [4.78, 5) is 0. The molecule has 1 fully saturated rings. The summed E-state index contributed by atoms with van der Waals surface area (Å²) in [5.74, 6) is -0.970. The Morgan fingerprint density at radius 1 is 0.667 bits per heavy atom. The highest BCUT2D eigenvalue weighted by molar-refractivity contribution is 7.54. The molecule has 0 N–H and O–H groups in total. The Kier molecular flexibility index (Phi) is 9.84. The summed E-state index contributed by atoms with van der Waals surface area (Å²) in [5.41, 5.74) is 3.03. The third-order valence-corrected chi connectivity index (χ3v) is 8.13. The molecule has 0 spiro atoms. The molecule has 1 heterocycles. The van der Waals surface area contributed by atoms with E-state index in [1.54, 1.807) is 0 Å². The fourth-order valence-electron chi connectivity index (χ4n) is 4.16. The molecule has 1 saturated heterocycles. The molecule has 1 aliphatic heterocycles. The molecule has 0 saturated carbocycles. The smallest absolute Gasteiger partial charge is 0.361 e. The predicted molar refractivity (Wildman–Crippen MR) is 136 cm³/mol. The first-order chi connectivity index (χ1) is 17.6. The maximum atomic E-state index is 13.5. The highest BCUT2D eigenvalue weighted by Gasteiger charge is 2.55. The van der Waals surface area contributed by atoms with Crippen molar-refractivity contribution in [3.63, 3.8) is 0 Å². The summed E-state index contributed by atoms with van der Waals surface area (Å²) in [5, 5.41) is 0. The summed E-state index contributed by atoms with van der Waals surface area (Å²) in [7, 11) is -0.953. The molecule has 0 unspecified atom stereocenters. The van der Waals surface area contributed by atoms with E-state index in [0.717, 1.165) is 16.7 Å². The zero-order valence-corrected chi connectivity index (χ0v) is 21.5. The molecule has 0 aliphatic carbocycles. The van der Waals surface area contributed by atoms with Crippen molar-refractivity contribution >= 4 is 7.60 Å². The van der Waals surface area contributed by atoms with Crippen molar-refractivity contribution in [2.75, 3.05) is 20.8 Å². The average Bonchev–Trinajstić information content (AvgIpc) is 3.29. The molecule has 4 rings (SSSR count). The molecular formula is C28H33O7P. The summed E-state index contributed by atoms with van der Waals surface area (Å²) in [6.07, 6.45) is -1.81. The minimum absolute atomic E-state index is 0.226. The molecular weight excluding hydrogens is 479 g/mol. The summed E-state index contributed by atoms with van der Waals surface area (Å²) in [6, 6.07) is 29.5. The van der Waals surface area contributed by atoms with Crippen molar-refractivity contribution in [2.45, 2.75) is 44.0 Å². The van der Waals surface area contributed by atoms with E-state index in [0.29, 0.717) is 19.8 Å². The van der Waals surface area contributed by atoms with Gasteiger partial charge in [-0.2, -0.15) is 0 Å². The van der Waals surface area contributed by atoms with Crippen LogP contribution in [0.25, 0.3) is 0 Å². The van der Waals surface area contributed by atoms with Crippen molar-refractivity contribution in [3.05, 3.63) is 108 Å². The molecule has 1 aliphatic rings. The van der Waals surface area contributed by atoms with Gasteiger partial charge in [0.1, 0.15) is 18.3 Å². The molecule has 0 radical (unpaired) electrons. The van der Waals surface area contributed by atoms with E-state index in [9.17, 15) is 4.57 Å². The van der Waals surface area contributed by atoms with Gasteiger partial charge in [-0.3, -0.25) is 4.57 Å². The molecule has 0 aromatic heterocycles. The Hall–Kier alpha value is -2.35. The molecule has 8 heteroatoms. The quantitative estimate of drug-likeness (QED) is 0.277. The predicted octanol–water partition coefficient (Wildman–Crippen LogP) is 5.58. The first-order valence-corrected chi connectivity index (χ1v) is 13.5. The van der Waals surface area contributed by atoms with Gasteiger partial charge in [0.15, 0.2) is 5.85 Å². The van der Waals surface area contributed by atoms with Crippen molar-refractivity contribution in [1.29, 1.82) is 0 Å². The average molecular weight is 513 g/mol. The van der Waals surface area contributed by atoms with Gasteiger partial charge in [0.25, 0.3) is 0 Å². The van der Waals surface area contributed by atoms with E-state index in [-0.39, 0.29) is 6.61 Å². The van der Waals surface area contributed by atoms with E-state index < -0.39 is 31.8 Å². The maximum absolute atomic E-state index is 13.5. The van der Waals surface area contributed by atoms with Crippen LogP contribution >= 0.6 is 7.60 Å². The van der Waals surface area contributed by atoms with Gasteiger partial charge in [0, 0.05) is 14.2 Å². The van der Waals surface area contributed by atoms with Crippen LogP contribution in [0.1, 0.15) is 16.7 Å². The van der Waals surface area contributed by atoms with Crippen LogP contribution in [-0.4, -0.2) is 45.0 Å². The largest absolute Gasteiger partial charge is 0.374 e. The Bertz CT molecular complexity index is 1070. The summed E-state index contributed by atoms with van der Waals surface area (Å²) >= 11 is 0. The monoisotopic (exact) mass is 512 g/mol. The van der Waals surface area contributed by atoms with Crippen LogP contribution in [0.15, 0.2) is 91.0 Å². The topological polar surface area (TPSA) is 72.5 Å². The highest BCUT2D eigenvalue weighted by atomic mass is 31.2. The van der Waals surface area contributed by atoms with Gasteiger partial charge in [-0.1, -0.05) is 91.0 Å². The van der Waals surface area contributed by atoms with Crippen LogP contribution in [0.4, 0.5) is 0 Å². The number of ether oxygens (including phenoxy) is 4. The van der Waals surface area contributed by atoms with Crippen molar-refractivity contribution < 1.29 is 32.6 Å². The van der Waals surface area contributed by atoms with Gasteiger partial charge in [0.2, 0.25) is 0 Å². The Morgan fingerprint density at radius 3 is 1.58 bits per heavy atom. The third-order valence-electron chi connectivity index (χ3n) is 6.07. The molecule has 0 amide bonds. The summed E-state index contributed by atoms with van der Waals surface area (Å²) in [6.45, 7) is 1.27. The van der Waals surface area contributed by atoms with Gasteiger partial charge in [-0.05, 0) is 16.7 Å². The normalized spacial score (nSPS) is 22.1.